The Morgan fingerprint density at radius 2 is 1.82 bits per heavy atom. The second-order valence-corrected chi connectivity index (χ2v) is 6.96. The first-order valence-corrected chi connectivity index (χ1v) is 8.25. The molecule has 2 aliphatic heterocycles. The molecule has 1 aromatic heterocycles. The van der Waals surface area contributed by atoms with Gasteiger partial charge in [-0.25, -0.2) is 9.86 Å². The van der Waals surface area contributed by atoms with E-state index in [0.717, 1.165) is 42.6 Å². The molecule has 7 nitrogen and oxygen atoms in total. The van der Waals surface area contributed by atoms with Gasteiger partial charge in [-0.2, -0.15) is 0 Å². The van der Waals surface area contributed by atoms with Crippen molar-refractivity contribution in [2.45, 2.75) is 63.5 Å². The monoisotopic (exact) mass is 306 g/mol. The zero-order valence-electron chi connectivity index (χ0n) is 12.8. The summed E-state index contributed by atoms with van der Waals surface area (Å²) in [5, 5.41) is 19.0. The average molecular weight is 306 g/mol. The molecule has 0 spiro atoms. The number of aromatic nitrogens is 2. The van der Waals surface area contributed by atoms with Gasteiger partial charge < -0.3 is 9.32 Å². The lowest BCUT2D eigenvalue weighted by molar-refractivity contribution is -0.0584. The van der Waals surface area contributed by atoms with E-state index in [4.69, 9.17) is 4.42 Å². The van der Waals surface area contributed by atoms with Gasteiger partial charge in [0.1, 0.15) is 6.04 Å². The molecule has 0 radical (unpaired) electrons. The summed E-state index contributed by atoms with van der Waals surface area (Å²) in [6, 6.07) is -0.630. The number of hydroxylamine groups is 2. The van der Waals surface area contributed by atoms with Crippen molar-refractivity contribution in [1.82, 2.24) is 20.2 Å². The maximum atomic E-state index is 12.0. The Morgan fingerprint density at radius 1 is 1.09 bits per heavy atom. The molecular formula is C15H22N4O3. The van der Waals surface area contributed by atoms with Gasteiger partial charge in [0.25, 0.3) is 0 Å². The van der Waals surface area contributed by atoms with Crippen molar-refractivity contribution in [1.29, 1.82) is 0 Å². The Labute approximate surface area is 129 Å². The van der Waals surface area contributed by atoms with Crippen molar-refractivity contribution in [3.8, 4) is 0 Å². The van der Waals surface area contributed by atoms with Crippen LogP contribution in [0.4, 0.5) is 4.79 Å². The second kappa shape index (κ2) is 5.22. The lowest BCUT2D eigenvalue weighted by Gasteiger charge is -2.27. The Bertz CT molecular complexity index is 567. The summed E-state index contributed by atoms with van der Waals surface area (Å²) >= 11 is 0. The van der Waals surface area contributed by atoms with Gasteiger partial charge in [0.2, 0.25) is 11.8 Å². The summed E-state index contributed by atoms with van der Waals surface area (Å²) in [7, 11) is 0. The van der Waals surface area contributed by atoms with Gasteiger partial charge in [-0.05, 0) is 44.4 Å². The van der Waals surface area contributed by atoms with Crippen molar-refractivity contribution in [2.24, 2.45) is 5.92 Å². The fourth-order valence-corrected chi connectivity index (χ4v) is 3.96. The van der Waals surface area contributed by atoms with Crippen LogP contribution in [0.25, 0.3) is 0 Å². The highest BCUT2D eigenvalue weighted by Crippen LogP contribution is 2.39. The molecule has 0 unspecified atom stereocenters. The zero-order valence-corrected chi connectivity index (χ0v) is 12.8. The number of hydrogen-bond donors (Lipinski definition) is 1. The number of carbonyl (C=O) groups excluding carboxylic acids is 1. The first-order valence-electron chi connectivity index (χ1n) is 8.25. The minimum atomic E-state index is -0.348. The van der Waals surface area contributed by atoms with Crippen LogP contribution in [0.1, 0.15) is 69.2 Å². The molecule has 3 fully saturated rings. The Kier molecular flexibility index (Phi) is 3.32. The molecule has 3 heterocycles. The van der Waals surface area contributed by atoms with Crippen LogP contribution in [0.2, 0.25) is 0 Å². The van der Waals surface area contributed by atoms with Crippen molar-refractivity contribution in [2.75, 3.05) is 6.54 Å². The zero-order chi connectivity index (χ0) is 15.3. The number of urea groups is 1. The molecule has 120 valence electrons. The Balaban J connectivity index is 1.51. The van der Waals surface area contributed by atoms with E-state index in [2.05, 4.69) is 17.1 Å². The molecule has 1 aliphatic carbocycles. The van der Waals surface area contributed by atoms with Gasteiger partial charge in [0.15, 0.2) is 0 Å². The lowest BCUT2D eigenvalue weighted by atomic mass is 9.83. The summed E-state index contributed by atoms with van der Waals surface area (Å²) in [6.07, 6.45) is 6.14. The number of hydrogen-bond acceptors (Lipinski definition) is 5. The standard InChI is InChI=1S/C15H22N4O3/c1-9-2-4-10(5-3-9)13-16-17-14(22-13)12-7-6-11-8-18(12)15(20)19(11)21/h9-12,21H,2-8H2,1H3/t9-,10+,11-,12+/m1/s1. The highest BCUT2D eigenvalue weighted by molar-refractivity contribution is 5.76. The first kappa shape index (κ1) is 14.0. The minimum Gasteiger partial charge on any atom is -0.423 e. The average Bonchev–Trinajstić information content (AvgIpc) is 3.10. The van der Waals surface area contributed by atoms with Gasteiger partial charge in [-0.1, -0.05) is 6.92 Å². The maximum absolute atomic E-state index is 12.0. The fourth-order valence-electron chi connectivity index (χ4n) is 3.96. The van der Waals surface area contributed by atoms with Crippen LogP contribution in [0.15, 0.2) is 4.42 Å². The van der Waals surface area contributed by atoms with Crippen molar-refractivity contribution in [3.63, 3.8) is 0 Å². The van der Waals surface area contributed by atoms with E-state index in [9.17, 15) is 10.0 Å². The SMILES string of the molecule is C[C@H]1CC[C@@H](c2nnc([C@@H]3CC[C@@H]4CN3C(=O)N4O)o2)CC1. The van der Waals surface area contributed by atoms with Crippen LogP contribution in [0.3, 0.4) is 0 Å². The van der Waals surface area contributed by atoms with E-state index in [1.165, 1.54) is 12.8 Å². The van der Waals surface area contributed by atoms with Crippen molar-refractivity contribution < 1.29 is 14.4 Å². The first-order chi connectivity index (χ1) is 10.6. The third-order valence-corrected chi connectivity index (χ3v) is 5.45. The normalized spacial score (nSPS) is 35.3. The summed E-state index contributed by atoms with van der Waals surface area (Å²) in [4.78, 5) is 13.7. The summed E-state index contributed by atoms with van der Waals surface area (Å²) in [5.74, 6) is 2.39. The third-order valence-electron chi connectivity index (χ3n) is 5.45. The molecule has 2 saturated heterocycles. The molecule has 2 atom stereocenters. The number of rotatable bonds is 2. The lowest BCUT2D eigenvalue weighted by Crippen LogP contribution is -2.34. The van der Waals surface area contributed by atoms with E-state index >= 15 is 0 Å². The largest absolute Gasteiger partial charge is 0.423 e. The van der Waals surface area contributed by atoms with Crippen molar-refractivity contribution >= 4 is 6.03 Å². The number of amides is 2. The number of piperidine rings is 1. The summed E-state index contributed by atoms with van der Waals surface area (Å²) in [6.45, 7) is 2.83. The number of carbonyl (C=O) groups is 1. The van der Waals surface area contributed by atoms with Gasteiger partial charge in [-0.3, -0.25) is 5.21 Å². The Hall–Kier alpha value is -1.63. The molecule has 7 heteroatoms. The van der Waals surface area contributed by atoms with E-state index < -0.39 is 0 Å². The predicted molar refractivity (Wildman–Crippen MR) is 76.2 cm³/mol. The van der Waals surface area contributed by atoms with Gasteiger partial charge >= 0.3 is 6.03 Å². The number of nitrogens with zero attached hydrogens (tertiary/aromatic N) is 4. The highest BCUT2D eigenvalue weighted by atomic mass is 16.5. The molecule has 2 bridgehead atoms. The minimum absolute atomic E-state index is 0.0917. The molecule has 1 N–H and O–H groups in total. The predicted octanol–water partition coefficient (Wildman–Crippen LogP) is 2.69. The topological polar surface area (TPSA) is 82.7 Å². The molecule has 2 amide bonds. The molecule has 1 saturated carbocycles. The van der Waals surface area contributed by atoms with E-state index in [-0.39, 0.29) is 18.1 Å². The molecule has 0 aromatic carbocycles. The van der Waals surface area contributed by atoms with Crippen LogP contribution in [-0.4, -0.2) is 44.0 Å². The fraction of sp³-hybridized carbons (Fsp3) is 0.800. The molecule has 1 aromatic rings. The second-order valence-electron chi connectivity index (χ2n) is 6.96. The van der Waals surface area contributed by atoms with E-state index in [1.807, 2.05) is 0 Å². The smallest absolute Gasteiger partial charge is 0.344 e. The maximum Gasteiger partial charge on any atom is 0.344 e. The summed E-state index contributed by atoms with van der Waals surface area (Å²) < 4.78 is 5.92. The van der Waals surface area contributed by atoms with Gasteiger partial charge in [0, 0.05) is 12.5 Å². The van der Waals surface area contributed by atoms with E-state index in [1.54, 1.807) is 4.90 Å². The van der Waals surface area contributed by atoms with E-state index in [0.29, 0.717) is 18.4 Å². The molecular weight excluding hydrogens is 284 g/mol. The van der Waals surface area contributed by atoms with Crippen LogP contribution >= 0.6 is 0 Å². The van der Waals surface area contributed by atoms with Crippen LogP contribution in [0, 0.1) is 5.92 Å². The Morgan fingerprint density at radius 3 is 2.59 bits per heavy atom. The van der Waals surface area contributed by atoms with Crippen molar-refractivity contribution in [3.05, 3.63) is 11.8 Å². The van der Waals surface area contributed by atoms with Crippen LogP contribution in [-0.2, 0) is 0 Å². The van der Waals surface area contributed by atoms with Crippen LogP contribution in [0.5, 0.6) is 0 Å². The quantitative estimate of drug-likeness (QED) is 0.849. The molecule has 22 heavy (non-hydrogen) atoms. The summed E-state index contributed by atoms with van der Waals surface area (Å²) in [5.41, 5.74) is 0. The molecule has 3 aliphatic rings. The molecule has 4 rings (SSSR count). The third kappa shape index (κ3) is 2.18. The van der Waals surface area contributed by atoms with Gasteiger partial charge in [0.05, 0.1) is 6.04 Å². The highest BCUT2D eigenvalue weighted by Gasteiger charge is 2.46. The number of fused-ring (bicyclic) bond motifs is 2. The van der Waals surface area contributed by atoms with Gasteiger partial charge in [-0.15, -0.1) is 10.2 Å². The van der Waals surface area contributed by atoms with Crippen LogP contribution < -0.4 is 0 Å².